The van der Waals surface area contributed by atoms with Crippen LogP contribution in [-0.2, 0) is 17.3 Å². The molecule has 0 N–H and O–H groups in total. The van der Waals surface area contributed by atoms with Crippen LogP contribution in [0.2, 0.25) is 0 Å². The maximum Gasteiger partial charge on any atom is 0.252 e. The molecular formula is C67H44BN3O2. The number of hydrogen-bond donors (Lipinski definition) is 0. The summed E-state index contributed by atoms with van der Waals surface area (Å²) >= 11 is 0. The van der Waals surface area contributed by atoms with Gasteiger partial charge in [-0.3, -0.25) is 0 Å². The Labute approximate surface area is 423 Å². The van der Waals surface area contributed by atoms with Crippen molar-refractivity contribution in [2.24, 2.45) is 0 Å². The van der Waals surface area contributed by atoms with E-state index in [1.165, 1.54) is 72.2 Å². The van der Waals surface area contributed by atoms with E-state index < -0.39 is 10.8 Å². The van der Waals surface area contributed by atoms with E-state index in [4.69, 9.17) is 14.5 Å². The minimum atomic E-state index is -0.698. The SMILES string of the molecule is CCCCc1nc2c3c4c(cc2c2ccccc12)N1c2ccccc2C2(c5ccccc5Oc5ccccc52)c2cccc(c21)B4c1cccc2c1N3c1ccccc1C21c2ccccc2Oc2ccccc21. The van der Waals surface area contributed by atoms with E-state index in [0.717, 1.165) is 92.5 Å². The maximum atomic E-state index is 6.89. The first-order valence-corrected chi connectivity index (χ1v) is 25.9. The molecule has 0 atom stereocenters. The molecule has 11 aromatic rings. The first-order valence-electron chi connectivity index (χ1n) is 25.9. The predicted molar refractivity (Wildman–Crippen MR) is 296 cm³/mol. The number of ether oxygens (including phenoxy) is 2. The van der Waals surface area contributed by atoms with Crippen molar-refractivity contribution in [2.45, 2.75) is 37.0 Å². The van der Waals surface area contributed by atoms with Crippen molar-refractivity contribution in [3.63, 3.8) is 0 Å². The Kier molecular flexibility index (Phi) is 7.73. The van der Waals surface area contributed by atoms with Gasteiger partial charge in [0.05, 0.1) is 33.4 Å². The van der Waals surface area contributed by atoms with Crippen LogP contribution in [0, 0.1) is 0 Å². The summed E-state index contributed by atoms with van der Waals surface area (Å²) in [5.41, 5.74) is 21.3. The Bertz CT molecular complexity index is 4170. The zero-order valence-electron chi connectivity index (χ0n) is 40.1. The Morgan fingerprint density at radius 1 is 0.411 bits per heavy atom. The largest absolute Gasteiger partial charge is 0.457 e. The molecule has 1 aromatic heterocycles. The van der Waals surface area contributed by atoms with Gasteiger partial charge in [0.25, 0.3) is 6.71 Å². The van der Waals surface area contributed by atoms with Gasteiger partial charge in [-0.1, -0.05) is 183 Å². The molecule has 0 saturated heterocycles. The lowest BCUT2D eigenvalue weighted by molar-refractivity contribution is 0.434. The fourth-order valence-electron chi connectivity index (χ4n) is 14.7. The highest BCUT2D eigenvalue weighted by Gasteiger charge is 2.58. The maximum absolute atomic E-state index is 6.89. The monoisotopic (exact) mass is 933 g/mol. The van der Waals surface area contributed by atoms with Crippen LogP contribution in [0.3, 0.4) is 0 Å². The number of aromatic nitrogens is 1. The van der Waals surface area contributed by atoms with Crippen LogP contribution in [0.5, 0.6) is 23.0 Å². The number of benzene rings is 10. The zero-order chi connectivity index (χ0) is 47.7. The van der Waals surface area contributed by atoms with E-state index >= 15 is 0 Å². The molecule has 0 radical (unpaired) electrons. The number of aryl methyl sites for hydroxylation is 1. The van der Waals surface area contributed by atoms with Gasteiger partial charge in [0.15, 0.2) is 0 Å². The Hall–Kier alpha value is -8.87. The van der Waals surface area contributed by atoms with E-state index in [-0.39, 0.29) is 6.71 Å². The van der Waals surface area contributed by atoms with Gasteiger partial charge in [0, 0.05) is 55.8 Å². The van der Waals surface area contributed by atoms with Gasteiger partial charge in [-0.05, 0) is 99.3 Å². The summed E-state index contributed by atoms with van der Waals surface area (Å²) in [5, 5.41) is 3.61. The van der Waals surface area contributed by atoms with E-state index in [0.29, 0.717) is 0 Å². The summed E-state index contributed by atoms with van der Waals surface area (Å²) in [4.78, 5) is 11.3. The number of hydrogen-bond acceptors (Lipinski definition) is 5. The first-order chi connectivity index (χ1) is 36.2. The smallest absolute Gasteiger partial charge is 0.252 e. The van der Waals surface area contributed by atoms with E-state index in [1.807, 2.05) is 0 Å². The molecule has 0 amide bonds. The lowest BCUT2D eigenvalue weighted by atomic mass is 9.32. The second kappa shape index (κ2) is 14.2. The third kappa shape index (κ3) is 4.70. The highest BCUT2D eigenvalue weighted by Crippen LogP contribution is 2.66. The van der Waals surface area contributed by atoms with Gasteiger partial charge < -0.3 is 19.3 Å². The summed E-state index contributed by atoms with van der Waals surface area (Å²) in [6.07, 6.45) is 3.06. The van der Waals surface area contributed by atoms with Crippen LogP contribution in [0.4, 0.5) is 34.1 Å². The summed E-state index contributed by atoms with van der Waals surface area (Å²) in [6.45, 7) is 2.13. The highest BCUT2D eigenvalue weighted by molar-refractivity contribution is 7.00. The number of para-hydroxylation sites is 8. The van der Waals surface area contributed by atoms with Crippen LogP contribution in [0.1, 0.15) is 70.0 Å². The van der Waals surface area contributed by atoms with Crippen LogP contribution in [-0.4, -0.2) is 11.7 Å². The van der Waals surface area contributed by atoms with Crippen LogP contribution in [0.15, 0.2) is 212 Å². The summed E-state index contributed by atoms with van der Waals surface area (Å²) in [6, 6.07) is 79.0. The molecule has 0 saturated carbocycles. The zero-order valence-corrected chi connectivity index (χ0v) is 40.1. The average molecular weight is 934 g/mol. The van der Waals surface area contributed by atoms with E-state index in [9.17, 15) is 0 Å². The second-order valence-corrected chi connectivity index (χ2v) is 20.6. The molecule has 342 valence electrons. The molecule has 7 heterocycles. The molecule has 0 bridgehead atoms. The van der Waals surface area contributed by atoms with Crippen molar-refractivity contribution in [1.29, 1.82) is 0 Å². The molecule has 17 rings (SSSR count). The molecule has 0 fully saturated rings. The van der Waals surface area contributed by atoms with Gasteiger partial charge >= 0.3 is 0 Å². The molecule has 73 heavy (non-hydrogen) atoms. The second-order valence-electron chi connectivity index (χ2n) is 20.6. The predicted octanol–water partition coefficient (Wildman–Crippen LogP) is 14.4. The molecule has 6 aliphatic heterocycles. The molecule has 10 aromatic carbocycles. The van der Waals surface area contributed by atoms with Crippen LogP contribution < -0.4 is 35.7 Å². The molecular weight excluding hydrogens is 890 g/mol. The van der Waals surface area contributed by atoms with Crippen molar-refractivity contribution in [2.75, 3.05) is 9.80 Å². The lowest BCUT2D eigenvalue weighted by Crippen LogP contribution is -2.63. The number of rotatable bonds is 3. The lowest BCUT2D eigenvalue weighted by Gasteiger charge is -2.54. The van der Waals surface area contributed by atoms with Gasteiger partial charge in [-0.15, -0.1) is 0 Å². The normalized spacial score (nSPS) is 15.4. The van der Waals surface area contributed by atoms with Crippen LogP contribution >= 0.6 is 0 Å². The fourth-order valence-corrected chi connectivity index (χ4v) is 14.7. The molecule has 0 unspecified atom stereocenters. The van der Waals surface area contributed by atoms with Crippen molar-refractivity contribution in [3.05, 3.63) is 263 Å². The van der Waals surface area contributed by atoms with Crippen molar-refractivity contribution < 1.29 is 9.47 Å². The Morgan fingerprint density at radius 3 is 1.38 bits per heavy atom. The molecule has 0 aliphatic carbocycles. The van der Waals surface area contributed by atoms with Crippen LogP contribution in [0.25, 0.3) is 21.7 Å². The number of fused-ring (bicyclic) bond motifs is 24. The standard InChI is InChI=1S/C67H44BN3O2/c1-2-3-32-53-41-21-5-4-20-40(41)42-39-56-61-65(62(42)69-53)71-55-34-13-7-23-44(55)67(47-26-10-16-37-59(47)73-60-38-17-11-27-48(60)67)50-29-19-31-52(64(50)71)68(61)51-30-18-28-49-63(51)70(56)54-33-12-6-22-43(54)66(49)45-24-8-14-35-57(45)72-58-36-15-9-25-46(58)66/h4-31,33-39H,2-3,32H2,1H3. The van der Waals surface area contributed by atoms with Gasteiger partial charge in [-0.25, -0.2) is 4.98 Å². The summed E-state index contributed by atoms with van der Waals surface area (Å²) in [5.74, 6) is 3.53. The number of nitrogens with zero attached hydrogens (tertiary/aromatic N) is 3. The summed E-state index contributed by atoms with van der Waals surface area (Å²) in [7, 11) is 0. The molecule has 6 aliphatic rings. The molecule has 6 heteroatoms. The van der Waals surface area contributed by atoms with Crippen molar-refractivity contribution in [3.8, 4) is 23.0 Å². The number of unbranched alkanes of at least 4 members (excludes halogenated alkanes) is 1. The topological polar surface area (TPSA) is 37.8 Å². The van der Waals surface area contributed by atoms with Gasteiger partial charge in [0.1, 0.15) is 23.0 Å². The Morgan fingerprint density at radius 2 is 0.849 bits per heavy atom. The highest BCUT2D eigenvalue weighted by atomic mass is 16.5. The third-order valence-electron chi connectivity index (χ3n) is 17.3. The van der Waals surface area contributed by atoms with Crippen molar-refractivity contribution in [1.82, 2.24) is 4.98 Å². The number of pyridine rings is 1. The minimum absolute atomic E-state index is 0.153. The van der Waals surface area contributed by atoms with Crippen molar-refractivity contribution >= 4 is 78.9 Å². The van der Waals surface area contributed by atoms with Gasteiger partial charge in [0.2, 0.25) is 0 Å². The summed E-state index contributed by atoms with van der Waals surface area (Å²) < 4.78 is 13.8. The Balaban J connectivity index is 1.07. The third-order valence-corrected chi connectivity index (χ3v) is 17.3. The van der Waals surface area contributed by atoms with Gasteiger partial charge in [-0.2, -0.15) is 0 Å². The van der Waals surface area contributed by atoms with E-state index in [1.54, 1.807) is 0 Å². The first kappa shape index (κ1) is 39.8. The quantitative estimate of drug-likeness (QED) is 0.130. The van der Waals surface area contributed by atoms with E-state index in [2.05, 4.69) is 229 Å². The molecule has 2 spiro atoms. The minimum Gasteiger partial charge on any atom is -0.457 e. The molecule has 5 nitrogen and oxygen atoms in total. The number of anilines is 6. The fraction of sp³-hybridized carbons (Fsp3) is 0.0896. The average Bonchev–Trinajstić information content (AvgIpc) is 3.48.